The molecule has 2 aliphatic heterocycles. The minimum absolute atomic E-state index is 0.174. The number of hydrogen-bond acceptors (Lipinski definition) is 4. The van der Waals surface area contributed by atoms with Crippen LogP contribution in [0.5, 0.6) is 0 Å². The number of aromatic nitrogens is 2. The number of rotatable bonds is 4. The Labute approximate surface area is 195 Å². The Morgan fingerprint density at radius 2 is 1.88 bits per heavy atom. The third-order valence-electron chi connectivity index (χ3n) is 6.99. The Kier molecular flexibility index (Phi) is 6.21. The first kappa shape index (κ1) is 22.1. The van der Waals surface area contributed by atoms with Crippen molar-refractivity contribution in [1.82, 2.24) is 19.8 Å². The molecule has 4 heterocycles. The number of pyridine rings is 1. The summed E-state index contributed by atoms with van der Waals surface area (Å²) in [6, 6.07) is 10.8. The quantitative estimate of drug-likeness (QED) is 0.647. The number of aryl methyl sites for hydroxylation is 1. The predicted octanol–water partition coefficient (Wildman–Crippen LogP) is 4.35. The van der Waals surface area contributed by atoms with Crippen molar-refractivity contribution in [3.05, 3.63) is 54.0 Å². The first-order valence-electron chi connectivity index (χ1n) is 12.2. The van der Waals surface area contributed by atoms with Crippen molar-refractivity contribution in [2.45, 2.75) is 51.7 Å². The fourth-order valence-corrected chi connectivity index (χ4v) is 5.61. The van der Waals surface area contributed by atoms with E-state index in [0.717, 1.165) is 44.5 Å². The molecule has 0 radical (unpaired) electrons. The van der Waals surface area contributed by atoms with Gasteiger partial charge in [0.25, 0.3) is 0 Å². The van der Waals surface area contributed by atoms with Crippen LogP contribution in [0, 0.1) is 6.92 Å². The van der Waals surface area contributed by atoms with E-state index in [1.54, 1.807) is 0 Å². The SMILES string of the molecule is Cc1ccc2[nH]c(C3CCCN(C(=O)CN4CC(C)OC(C)C4)C3)c(-c3ccncc3)c2c1. The van der Waals surface area contributed by atoms with Crippen molar-refractivity contribution in [3.63, 3.8) is 0 Å². The van der Waals surface area contributed by atoms with Gasteiger partial charge < -0.3 is 14.6 Å². The number of H-pyrrole nitrogens is 1. The summed E-state index contributed by atoms with van der Waals surface area (Å²) in [6.07, 6.45) is 6.17. The van der Waals surface area contributed by atoms with Crippen LogP contribution in [0.3, 0.4) is 0 Å². The molecular weight excluding hydrogens is 412 g/mol. The number of likely N-dealkylation sites (tertiary alicyclic amines) is 1. The average Bonchev–Trinajstić information content (AvgIpc) is 3.17. The standard InChI is InChI=1S/C27H34N4O2/c1-18-6-7-24-23(13-18)26(21-8-10-28-11-9-21)27(29-24)22-5-4-12-31(16-22)25(32)17-30-14-19(2)33-20(3)15-30/h6-11,13,19-20,22,29H,4-5,12,14-17H2,1-3H3. The number of amides is 1. The van der Waals surface area contributed by atoms with Crippen LogP contribution >= 0.6 is 0 Å². The van der Waals surface area contributed by atoms with Gasteiger partial charge in [-0.3, -0.25) is 14.7 Å². The van der Waals surface area contributed by atoms with Crippen LogP contribution in [-0.2, 0) is 9.53 Å². The number of benzene rings is 1. The number of fused-ring (bicyclic) bond motifs is 1. The van der Waals surface area contributed by atoms with Crippen LogP contribution in [0.25, 0.3) is 22.0 Å². The molecule has 3 aromatic rings. The molecule has 1 amide bonds. The minimum Gasteiger partial charge on any atom is -0.373 e. The number of hydrogen-bond donors (Lipinski definition) is 1. The van der Waals surface area contributed by atoms with Crippen molar-refractivity contribution in [2.24, 2.45) is 0 Å². The molecule has 174 valence electrons. The van der Waals surface area contributed by atoms with E-state index in [1.165, 1.54) is 27.8 Å². The molecule has 2 fully saturated rings. The van der Waals surface area contributed by atoms with Gasteiger partial charge in [0, 0.05) is 66.7 Å². The van der Waals surface area contributed by atoms with Crippen molar-refractivity contribution < 1.29 is 9.53 Å². The van der Waals surface area contributed by atoms with Crippen LogP contribution in [0.1, 0.15) is 43.9 Å². The van der Waals surface area contributed by atoms with E-state index in [2.05, 4.69) is 70.9 Å². The monoisotopic (exact) mass is 446 g/mol. The molecule has 0 aliphatic carbocycles. The summed E-state index contributed by atoms with van der Waals surface area (Å²) in [6.45, 7) is 10.0. The van der Waals surface area contributed by atoms with Crippen LogP contribution in [0.4, 0.5) is 0 Å². The van der Waals surface area contributed by atoms with Gasteiger partial charge in [-0.25, -0.2) is 0 Å². The second-order valence-corrected chi connectivity index (χ2v) is 9.83. The topological polar surface area (TPSA) is 61.5 Å². The molecule has 2 saturated heterocycles. The largest absolute Gasteiger partial charge is 0.373 e. The molecule has 1 N–H and O–H groups in total. The molecule has 6 heteroatoms. The average molecular weight is 447 g/mol. The molecule has 1 aromatic carbocycles. The maximum atomic E-state index is 13.3. The van der Waals surface area contributed by atoms with Gasteiger partial charge in [0.1, 0.15) is 0 Å². The van der Waals surface area contributed by atoms with Crippen molar-refractivity contribution in [2.75, 3.05) is 32.7 Å². The van der Waals surface area contributed by atoms with Crippen molar-refractivity contribution in [1.29, 1.82) is 0 Å². The first-order valence-corrected chi connectivity index (χ1v) is 12.2. The lowest BCUT2D eigenvalue weighted by molar-refractivity contribution is -0.137. The third kappa shape index (κ3) is 4.68. The maximum Gasteiger partial charge on any atom is 0.236 e. The molecule has 2 aromatic heterocycles. The highest BCUT2D eigenvalue weighted by Gasteiger charge is 2.31. The maximum absolute atomic E-state index is 13.3. The fourth-order valence-electron chi connectivity index (χ4n) is 5.61. The van der Waals surface area contributed by atoms with Gasteiger partial charge in [-0.05, 0) is 63.4 Å². The van der Waals surface area contributed by atoms with E-state index in [0.29, 0.717) is 12.5 Å². The highest BCUT2D eigenvalue weighted by Crippen LogP contribution is 2.39. The van der Waals surface area contributed by atoms with Crippen molar-refractivity contribution in [3.8, 4) is 11.1 Å². The first-order chi connectivity index (χ1) is 16.0. The molecular formula is C27H34N4O2. The molecule has 5 rings (SSSR count). The predicted molar refractivity (Wildman–Crippen MR) is 131 cm³/mol. The highest BCUT2D eigenvalue weighted by molar-refractivity contribution is 5.98. The van der Waals surface area contributed by atoms with Gasteiger partial charge in [0.05, 0.1) is 18.8 Å². The summed E-state index contributed by atoms with van der Waals surface area (Å²) in [5, 5.41) is 1.25. The Balaban J connectivity index is 1.40. The van der Waals surface area contributed by atoms with Crippen molar-refractivity contribution >= 4 is 16.8 Å². The molecule has 0 bridgehead atoms. The number of aromatic amines is 1. The van der Waals surface area contributed by atoms with E-state index < -0.39 is 0 Å². The fraction of sp³-hybridized carbons (Fsp3) is 0.481. The number of piperidine rings is 1. The second-order valence-electron chi connectivity index (χ2n) is 9.83. The highest BCUT2D eigenvalue weighted by atomic mass is 16.5. The summed E-state index contributed by atoms with van der Waals surface area (Å²) in [4.78, 5) is 25.5. The number of nitrogens with one attached hydrogen (secondary N) is 1. The normalized spacial score (nSPS) is 24.3. The summed E-state index contributed by atoms with van der Waals surface area (Å²) in [5.41, 5.74) is 6.08. The molecule has 0 spiro atoms. The summed E-state index contributed by atoms with van der Waals surface area (Å²) in [7, 11) is 0. The van der Waals surface area contributed by atoms with Gasteiger partial charge in [-0.1, -0.05) is 11.6 Å². The van der Waals surface area contributed by atoms with Gasteiger partial charge >= 0.3 is 0 Å². The van der Waals surface area contributed by atoms with Crippen LogP contribution < -0.4 is 0 Å². The molecule has 6 nitrogen and oxygen atoms in total. The lowest BCUT2D eigenvalue weighted by Crippen LogP contribution is -2.51. The molecule has 0 saturated carbocycles. The molecule has 33 heavy (non-hydrogen) atoms. The third-order valence-corrected chi connectivity index (χ3v) is 6.99. The van der Waals surface area contributed by atoms with Crippen LogP contribution in [0.15, 0.2) is 42.7 Å². The molecule has 3 atom stereocenters. The number of carbonyl (C=O) groups is 1. The van der Waals surface area contributed by atoms with Crippen LogP contribution in [-0.4, -0.2) is 70.6 Å². The number of ether oxygens (including phenoxy) is 1. The number of carbonyl (C=O) groups excluding carboxylic acids is 1. The number of nitrogens with zero attached hydrogens (tertiary/aromatic N) is 3. The Hall–Kier alpha value is -2.70. The summed E-state index contributed by atoms with van der Waals surface area (Å²) >= 11 is 0. The Morgan fingerprint density at radius 3 is 2.64 bits per heavy atom. The number of morpholine rings is 1. The molecule has 2 aliphatic rings. The van der Waals surface area contributed by atoms with E-state index in [-0.39, 0.29) is 18.1 Å². The minimum atomic E-state index is 0.174. The Morgan fingerprint density at radius 1 is 1.12 bits per heavy atom. The van der Waals surface area contributed by atoms with Crippen LogP contribution in [0.2, 0.25) is 0 Å². The van der Waals surface area contributed by atoms with Gasteiger partial charge in [-0.15, -0.1) is 0 Å². The zero-order valence-electron chi connectivity index (χ0n) is 19.9. The van der Waals surface area contributed by atoms with Gasteiger partial charge in [-0.2, -0.15) is 0 Å². The smallest absolute Gasteiger partial charge is 0.236 e. The summed E-state index contributed by atoms with van der Waals surface area (Å²) in [5.74, 6) is 0.527. The van der Waals surface area contributed by atoms with E-state index >= 15 is 0 Å². The zero-order chi connectivity index (χ0) is 22.9. The van der Waals surface area contributed by atoms with Gasteiger partial charge in [0.2, 0.25) is 5.91 Å². The second kappa shape index (κ2) is 9.27. The van der Waals surface area contributed by atoms with Gasteiger partial charge in [0.15, 0.2) is 0 Å². The lowest BCUT2D eigenvalue weighted by atomic mass is 9.89. The molecule has 3 unspecified atom stereocenters. The van der Waals surface area contributed by atoms with E-state index in [4.69, 9.17) is 4.74 Å². The van der Waals surface area contributed by atoms with E-state index in [9.17, 15) is 4.79 Å². The Bertz CT molecular complexity index is 1120. The zero-order valence-corrected chi connectivity index (χ0v) is 19.9. The summed E-state index contributed by atoms with van der Waals surface area (Å²) < 4.78 is 5.84. The van der Waals surface area contributed by atoms with E-state index in [1.807, 2.05) is 12.4 Å². The lowest BCUT2D eigenvalue weighted by Gasteiger charge is -2.38.